The predicted molar refractivity (Wildman–Crippen MR) is 147 cm³/mol. The summed E-state index contributed by atoms with van der Waals surface area (Å²) >= 11 is 0. The van der Waals surface area contributed by atoms with Crippen molar-refractivity contribution in [1.82, 2.24) is 19.9 Å². The number of morpholine rings is 1. The van der Waals surface area contributed by atoms with Gasteiger partial charge in [0, 0.05) is 41.5 Å². The highest BCUT2D eigenvalue weighted by Gasteiger charge is 2.19. The number of hydrogen-bond donors (Lipinski definition) is 2. The molecule has 5 rings (SSSR count). The van der Waals surface area contributed by atoms with Gasteiger partial charge in [0.1, 0.15) is 11.6 Å². The quantitative estimate of drug-likeness (QED) is 0.334. The van der Waals surface area contributed by atoms with Crippen molar-refractivity contribution < 1.29 is 13.9 Å². The number of pyridine rings is 1. The number of nitrogens with one attached hydrogen (secondary N) is 2. The van der Waals surface area contributed by atoms with E-state index in [9.17, 15) is 4.79 Å². The Morgan fingerprint density at radius 3 is 2.50 bits per heavy atom. The van der Waals surface area contributed by atoms with Crippen LogP contribution >= 0.6 is 0 Å². The van der Waals surface area contributed by atoms with Crippen molar-refractivity contribution in [2.45, 2.75) is 26.7 Å². The third kappa shape index (κ3) is 5.82. The van der Waals surface area contributed by atoms with Gasteiger partial charge in [-0.3, -0.25) is 14.7 Å². The Morgan fingerprint density at radius 1 is 1.05 bits per heavy atom. The maximum atomic E-state index is 15.0. The molecule has 2 aromatic carbocycles. The Hall–Kier alpha value is -3.88. The molecule has 0 aliphatic carbocycles. The van der Waals surface area contributed by atoms with E-state index < -0.39 is 0 Å². The lowest BCUT2D eigenvalue weighted by atomic mass is 9.99. The first-order valence-corrected chi connectivity index (χ1v) is 12.9. The minimum absolute atomic E-state index is 0.0791. The van der Waals surface area contributed by atoms with Gasteiger partial charge in [-0.25, -0.2) is 9.37 Å². The summed E-state index contributed by atoms with van der Waals surface area (Å²) < 4.78 is 20.4. The topological polar surface area (TPSA) is 83.1 Å². The second-order valence-electron chi connectivity index (χ2n) is 9.87. The minimum Gasteiger partial charge on any atom is -0.379 e. The summed E-state index contributed by atoms with van der Waals surface area (Å²) in [6.45, 7) is 9.21. The fourth-order valence-electron chi connectivity index (χ4n) is 4.53. The van der Waals surface area contributed by atoms with E-state index in [1.165, 1.54) is 6.07 Å². The number of imidazole rings is 1. The molecule has 3 heterocycles. The van der Waals surface area contributed by atoms with Crippen LogP contribution in [0.4, 0.5) is 10.1 Å². The van der Waals surface area contributed by atoms with Crippen molar-refractivity contribution in [3.63, 3.8) is 0 Å². The number of halogens is 1. The fraction of sp³-hybridized carbons (Fsp3) is 0.300. The van der Waals surface area contributed by atoms with Gasteiger partial charge in [0.05, 0.1) is 36.8 Å². The molecule has 1 aliphatic heterocycles. The number of hydrogen-bond acceptors (Lipinski definition) is 5. The van der Waals surface area contributed by atoms with Crippen molar-refractivity contribution in [2.75, 3.05) is 38.2 Å². The molecule has 0 atom stereocenters. The van der Waals surface area contributed by atoms with E-state index in [0.717, 1.165) is 47.3 Å². The molecule has 196 valence electrons. The van der Waals surface area contributed by atoms with Crippen LogP contribution in [-0.2, 0) is 9.53 Å². The molecule has 8 heteroatoms. The number of anilines is 1. The van der Waals surface area contributed by atoms with Gasteiger partial charge in [0.15, 0.2) is 0 Å². The van der Waals surface area contributed by atoms with Crippen LogP contribution in [0.15, 0.2) is 60.7 Å². The van der Waals surface area contributed by atoms with Crippen LogP contribution in [0.25, 0.3) is 33.8 Å². The molecule has 1 fully saturated rings. The maximum absolute atomic E-state index is 15.0. The van der Waals surface area contributed by atoms with Gasteiger partial charge < -0.3 is 15.0 Å². The first-order valence-electron chi connectivity index (χ1n) is 12.9. The number of aromatic nitrogens is 3. The molecular weight excluding hydrogens is 481 g/mol. The van der Waals surface area contributed by atoms with E-state index in [2.05, 4.69) is 34.0 Å². The second kappa shape index (κ2) is 11.2. The Balaban J connectivity index is 1.41. The van der Waals surface area contributed by atoms with Gasteiger partial charge in [-0.15, -0.1) is 0 Å². The van der Waals surface area contributed by atoms with Gasteiger partial charge >= 0.3 is 0 Å². The van der Waals surface area contributed by atoms with Gasteiger partial charge in [-0.2, -0.15) is 0 Å². The van der Waals surface area contributed by atoms with E-state index in [4.69, 9.17) is 9.72 Å². The van der Waals surface area contributed by atoms with E-state index in [-0.39, 0.29) is 17.6 Å². The van der Waals surface area contributed by atoms with Gasteiger partial charge in [-0.1, -0.05) is 32.0 Å². The summed E-state index contributed by atoms with van der Waals surface area (Å²) in [5, 5.41) is 2.93. The summed E-state index contributed by atoms with van der Waals surface area (Å²) in [6.07, 6.45) is 0. The zero-order valence-corrected chi connectivity index (χ0v) is 21.9. The average molecular weight is 514 g/mol. The van der Waals surface area contributed by atoms with E-state index in [1.54, 1.807) is 18.2 Å². The molecule has 1 saturated heterocycles. The Labute approximate surface area is 222 Å². The van der Waals surface area contributed by atoms with Crippen molar-refractivity contribution >= 4 is 11.6 Å². The van der Waals surface area contributed by atoms with E-state index in [1.807, 2.05) is 43.3 Å². The van der Waals surface area contributed by atoms with Crippen LogP contribution in [0.3, 0.4) is 0 Å². The number of rotatable bonds is 7. The molecule has 0 unspecified atom stereocenters. The standard InChI is InChI=1S/C30H32FN5O2/c1-19(2)30-34-28(29(35-30)26-6-4-5-20(3)32-26)22-9-12-25(31)24(17-22)21-7-10-23(11-8-21)33-27(37)18-36-13-15-38-16-14-36/h4-12,17,19H,13-16,18H2,1-3H3,(H,33,37)(H,34,35). The smallest absolute Gasteiger partial charge is 0.238 e. The lowest BCUT2D eigenvalue weighted by molar-refractivity contribution is -0.118. The molecule has 1 amide bonds. The SMILES string of the molecule is Cc1cccc(-c2[nH]c(C(C)C)nc2-c2ccc(F)c(-c3ccc(NC(=O)CN4CCOCC4)cc3)c2)n1. The molecule has 4 aromatic rings. The number of aryl methyl sites for hydroxylation is 1. The number of carbonyl (C=O) groups excluding carboxylic acids is 1. The number of nitrogens with zero attached hydrogens (tertiary/aromatic N) is 3. The minimum atomic E-state index is -0.326. The third-order valence-electron chi connectivity index (χ3n) is 6.60. The highest BCUT2D eigenvalue weighted by molar-refractivity contribution is 5.92. The number of ether oxygens (including phenoxy) is 1. The lowest BCUT2D eigenvalue weighted by Crippen LogP contribution is -2.41. The Morgan fingerprint density at radius 2 is 1.79 bits per heavy atom. The number of aromatic amines is 1. The van der Waals surface area contributed by atoms with Crippen molar-refractivity contribution in [1.29, 1.82) is 0 Å². The molecule has 0 radical (unpaired) electrons. The van der Waals surface area contributed by atoms with Crippen LogP contribution < -0.4 is 5.32 Å². The third-order valence-corrected chi connectivity index (χ3v) is 6.60. The predicted octanol–water partition coefficient (Wildman–Crippen LogP) is 5.65. The monoisotopic (exact) mass is 513 g/mol. The number of amides is 1. The van der Waals surface area contributed by atoms with Crippen molar-refractivity contribution in [3.8, 4) is 33.8 Å². The van der Waals surface area contributed by atoms with Crippen LogP contribution in [0.1, 0.15) is 31.3 Å². The zero-order chi connectivity index (χ0) is 26.6. The molecule has 1 aliphatic rings. The summed E-state index contributed by atoms with van der Waals surface area (Å²) in [7, 11) is 0. The second-order valence-corrected chi connectivity index (χ2v) is 9.87. The van der Waals surface area contributed by atoms with Gasteiger partial charge in [0.2, 0.25) is 5.91 Å². The zero-order valence-electron chi connectivity index (χ0n) is 21.9. The van der Waals surface area contributed by atoms with E-state index in [0.29, 0.717) is 36.6 Å². The molecule has 2 N–H and O–H groups in total. The molecule has 7 nitrogen and oxygen atoms in total. The Kier molecular flexibility index (Phi) is 7.62. The summed E-state index contributed by atoms with van der Waals surface area (Å²) in [5.41, 5.74) is 5.90. The highest BCUT2D eigenvalue weighted by Crippen LogP contribution is 2.34. The number of H-pyrrole nitrogens is 1. The first-order chi connectivity index (χ1) is 18.4. The molecule has 38 heavy (non-hydrogen) atoms. The van der Waals surface area contributed by atoms with Crippen LogP contribution in [0, 0.1) is 12.7 Å². The molecule has 0 spiro atoms. The van der Waals surface area contributed by atoms with Crippen molar-refractivity contribution in [3.05, 3.63) is 78.0 Å². The summed E-state index contributed by atoms with van der Waals surface area (Å²) in [5.74, 6) is 0.636. The van der Waals surface area contributed by atoms with Gasteiger partial charge in [-0.05, 0) is 55.0 Å². The first kappa shape index (κ1) is 25.8. The summed E-state index contributed by atoms with van der Waals surface area (Å²) in [4.78, 5) is 27.5. The average Bonchev–Trinajstić information content (AvgIpc) is 3.36. The van der Waals surface area contributed by atoms with Crippen LogP contribution in [0.2, 0.25) is 0 Å². The highest BCUT2D eigenvalue weighted by atomic mass is 19.1. The summed E-state index contributed by atoms with van der Waals surface area (Å²) in [6, 6.07) is 18.1. The normalized spacial score (nSPS) is 14.1. The largest absolute Gasteiger partial charge is 0.379 e. The Bertz CT molecular complexity index is 1430. The number of benzene rings is 2. The molecule has 0 saturated carbocycles. The molecular formula is C30H32FN5O2. The van der Waals surface area contributed by atoms with E-state index >= 15 is 4.39 Å². The van der Waals surface area contributed by atoms with Gasteiger partial charge in [0.25, 0.3) is 0 Å². The molecule has 2 aromatic heterocycles. The number of carbonyl (C=O) groups is 1. The fourth-order valence-corrected chi connectivity index (χ4v) is 4.53. The van der Waals surface area contributed by atoms with Crippen molar-refractivity contribution in [2.24, 2.45) is 0 Å². The van der Waals surface area contributed by atoms with Crippen LogP contribution in [-0.4, -0.2) is 58.6 Å². The lowest BCUT2D eigenvalue weighted by Gasteiger charge is -2.25. The molecule has 0 bridgehead atoms. The maximum Gasteiger partial charge on any atom is 0.238 e. The van der Waals surface area contributed by atoms with Crippen LogP contribution in [0.5, 0.6) is 0 Å².